The molecule has 0 aliphatic heterocycles. The number of amides is 1. The number of carbonyl (C=O) groups excluding carboxylic acids is 1. The van der Waals surface area contributed by atoms with Crippen molar-refractivity contribution in [2.24, 2.45) is 0 Å². The molecule has 0 atom stereocenters. The first kappa shape index (κ1) is 17.1. The summed E-state index contributed by atoms with van der Waals surface area (Å²) in [6, 6.07) is 12.0. The van der Waals surface area contributed by atoms with Crippen LogP contribution in [0.5, 0.6) is 11.5 Å². The number of nitrogens with zero attached hydrogens (tertiary/aromatic N) is 1. The van der Waals surface area contributed by atoms with Crippen molar-refractivity contribution in [3.05, 3.63) is 58.7 Å². The van der Waals surface area contributed by atoms with Gasteiger partial charge in [0.05, 0.1) is 7.11 Å². The zero-order valence-electron chi connectivity index (χ0n) is 13.8. The van der Waals surface area contributed by atoms with E-state index in [1.54, 1.807) is 18.2 Å². The normalized spacial score (nSPS) is 10.8. The molecule has 0 heterocycles. The molecule has 2 aromatic rings. The van der Waals surface area contributed by atoms with Crippen LogP contribution in [-0.2, 0) is 4.79 Å². The second-order valence-corrected chi connectivity index (χ2v) is 5.35. The summed E-state index contributed by atoms with van der Waals surface area (Å²) >= 11 is 0. The molecule has 5 nitrogen and oxygen atoms in total. The molecule has 0 saturated heterocycles. The van der Waals surface area contributed by atoms with Gasteiger partial charge in [-0.3, -0.25) is 4.79 Å². The highest BCUT2D eigenvalue weighted by Crippen LogP contribution is 2.25. The maximum Gasteiger partial charge on any atom is 0.266 e. The standard InChI is InChI=1S/C19H18N2O3/c1-12-4-6-16(8-13(12)2)21-19(23)15(11-20)9-14-5-7-17(24-3)10-18(14)22/h4-10,22H,1-3H3,(H,21,23)/b15-9+. The molecular formula is C19H18N2O3. The number of phenolic OH excluding ortho intramolecular Hbond substituents is 1. The maximum absolute atomic E-state index is 12.3. The van der Waals surface area contributed by atoms with Crippen molar-refractivity contribution in [3.8, 4) is 17.6 Å². The van der Waals surface area contributed by atoms with E-state index in [1.165, 1.54) is 19.3 Å². The van der Waals surface area contributed by atoms with Crippen LogP contribution in [0.25, 0.3) is 6.08 Å². The van der Waals surface area contributed by atoms with Crippen LogP contribution < -0.4 is 10.1 Å². The van der Waals surface area contributed by atoms with Crippen molar-refractivity contribution < 1.29 is 14.6 Å². The number of benzene rings is 2. The summed E-state index contributed by atoms with van der Waals surface area (Å²) in [5.41, 5.74) is 3.04. The molecule has 0 aliphatic rings. The largest absolute Gasteiger partial charge is 0.507 e. The summed E-state index contributed by atoms with van der Waals surface area (Å²) in [6.07, 6.45) is 1.34. The Bertz CT molecular complexity index is 848. The number of anilines is 1. The van der Waals surface area contributed by atoms with Crippen LogP contribution in [0.1, 0.15) is 16.7 Å². The molecule has 0 radical (unpaired) electrons. The Balaban J connectivity index is 2.25. The van der Waals surface area contributed by atoms with E-state index in [0.29, 0.717) is 17.0 Å². The molecule has 0 aliphatic carbocycles. The monoisotopic (exact) mass is 322 g/mol. The fourth-order valence-electron chi connectivity index (χ4n) is 2.09. The van der Waals surface area contributed by atoms with Gasteiger partial charge in [-0.15, -0.1) is 0 Å². The second-order valence-electron chi connectivity index (χ2n) is 5.35. The van der Waals surface area contributed by atoms with E-state index in [0.717, 1.165) is 11.1 Å². The van der Waals surface area contributed by atoms with Gasteiger partial charge in [0.25, 0.3) is 5.91 Å². The third-order valence-electron chi connectivity index (χ3n) is 3.67. The van der Waals surface area contributed by atoms with Crippen LogP contribution in [-0.4, -0.2) is 18.1 Å². The van der Waals surface area contributed by atoms with E-state index in [1.807, 2.05) is 32.0 Å². The van der Waals surface area contributed by atoms with E-state index in [4.69, 9.17) is 4.74 Å². The second kappa shape index (κ2) is 7.34. The zero-order valence-corrected chi connectivity index (χ0v) is 13.8. The van der Waals surface area contributed by atoms with Gasteiger partial charge < -0.3 is 15.2 Å². The Morgan fingerprint density at radius 2 is 1.96 bits per heavy atom. The summed E-state index contributed by atoms with van der Waals surface area (Å²) in [4.78, 5) is 12.3. The molecular weight excluding hydrogens is 304 g/mol. The topological polar surface area (TPSA) is 82.3 Å². The lowest BCUT2D eigenvalue weighted by Gasteiger charge is -2.08. The van der Waals surface area contributed by atoms with Gasteiger partial charge in [-0.1, -0.05) is 6.07 Å². The number of rotatable bonds is 4. The van der Waals surface area contributed by atoms with Gasteiger partial charge in [-0.2, -0.15) is 5.26 Å². The van der Waals surface area contributed by atoms with Gasteiger partial charge in [0, 0.05) is 17.3 Å². The summed E-state index contributed by atoms with van der Waals surface area (Å²) in [5, 5.41) is 21.9. The van der Waals surface area contributed by atoms with Crippen LogP contribution in [0, 0.1) is 25.2 Å². The van der Waals surface area contributed by atoms with Gasteiger partial charge in [0.1, 0.15) is 23.1 Å². The fourth-order valence-corrected chi connectivity index (χ4v) is 2.09. The highest BCUT2D eigenvalue weighted by Gasteiger charge is 2.11. The highest BCUT2D eigenvalue weighted by atomic mass is 16.5. The van der Waals surface area contributed by atoms with Gasteiger partial charge >= 0.3 is 0 Å². The van der Waals surface area contributed by atoms with E-state index >= 15 is 0 Å². The van der Waals surface area contributed by atoms with E-state index in [-0.39, 0.29) is 11.3 Å². The molecule has 5 heteroatoms. The Kier molecular flexibility index (Phi) is 5.23. The minimum atomic E-state index is -0.532. The maximum atomic E-state index is 12.3. The van der Waals surface area contributed by atoms with Crippen molar-refractivity contribution in [3.63, 3.8) is 0 Å². The Labute approximate surface area is 140 Å². The van der Waals surface area contributed by atoms with Crippen molar-refractivity contribution in [2.75, 3.05) is 12.4 Å². The lowest BCUT2D eigenvalue weighted by Crippen LogP contribution is -2.13. The summed E-state index contributed by atoms with van der Waals surface area (Å²) in [7, 11) is 1.49. The van der Waals surface area contributed by atoms with Crippen molar-refractivity contribution in [1.82, 2.24) is 0 Å². The molecule has 2 aromatic carbocycles. The lowest BCUT2D eigenvalue weighted by molar-refractivity contribution is -0.112. The molecule has 2 rings (SSSR count). The minimum absolute atomic E-state index is 0.0684. The third-order valence-corrected chi connectivity index (χ3v) is 3.67. The summed E-state index contributed by atoms with van der Waals surface area (Å²) in [5.74, 6) is -0.111. The summed E-state index contributed by atoms with van der Waals surface area (Å²) in [6.45, 7) is 3.93. The molecule has 2 N–H and O–H groups in total. The van der Waals surface area contributed by atoms with Gasteiger partial charge in [0.2, 0.25) is 0 Å². The average molecular weight is 322 g/mol. The molecule has 0 bridgehead atoms. The number of ether oxygens (including phenoxy) is 1. The highest BCUT2D eigenvalue weighted by molar-refractivity contribution is 6.09. The number of aryl methyl sites for hydroxylation is 2. The van der Waals surface area contributed by atoms with Crippen LogP contribution in [0.15, 0.2) is 42.0 Å². The molecule has 122 valence electrons. The Morgan fingerprint density at radius 1 is 1.21 bits per heavy atom. The van der Waals surface area contributed by atoms with E-state index in [2.05, 4.69) is 5.32 Å². The molecule has 1 amide bonds. The molecule has 0 spiro atoms. The first-order valence-corrected chi connectivity index (χ1v) is 7.32. The van der Waals surface area contributed by atoms with Crippen LogP contribution in [0.2, 0.25) is 0 Å². The SMILES string of the molecule is COc1ccc(/C=C(\C#N)C(=O)Nc2ccc(C)c(C)c2)c(O)c1. The number of methoxy groups -OCH3 is 1. The number of hydrogen-bond donors (Lipinski definition) is 2. The number of phenols is 1. The number of nitriles is 1. The minimum Gasteiger partial charge on any atom is -0.507 e. The molecule has 0 fully saturated rings. The number of hydrogen-bond acceptors (Lipinski definition) is 4. The van der Waals surface area contributed by atoms with Gasteiger partial charge in [0.15, 0.2) is 0 Å². The average Bonchev–Trinajstić information content (AvgIpc) is 2.56. The molecule has 0 unspecified atom stereocenters. The predicted octanol–water partition coefficient (Wildman–Crippen LogP) is 3.56. The van der Waals surface area contributed by atoms with Crippen LogP contribution in [0.3, 0.4) is 0 Å². The molecule has 0 aromatic heterocycles. The fraction of sp³-hybridized carbons (Fsp3) is 0.158. The van der Waals surface area contributed by atoms with Crippen molar-refractivity contribution >= 4 is 17.7 Å². The lowest BCUT2D eigenvalue weighted by atomic mass is 10.1. The third kappa shape index (κ3) is 3.93. The summed E-state index contributed by atoms with van der Waals surface area (Å²) < 4.78 is 5.00. The number of carbonyl (C=O) groups is 1. The van der Waals surface area contributed by atoms with Crippen molar-refractivity contribution in [2.45, 2.75) is 13.8 Å². The van der Waals surface area contributed by atoms with Gasteiger partial charge in [-0.25, -0.2) is 0 Å². The molecule has 24 heavy (non-hydrogen) atoms. The predicted molar refractivity (Wildman–Crippen MR) is 92.8 cm³/mol. The number of aromatic hydroxyl groups is 1. The first-order valence-electron chi connectivity index (χ1n) is 7.32. The zero-order chi connectivity index (χ0) is 17.7. The van der Waals surface area contributed by atoms with Crippen LogP contribution >= 0.6 is 0 Å². The Hall–Kier alpha value is -3.26. The molecule has 0 saturated carbocycles. The quantitative estimate of drug-likeness (QED) is 0.666. The smallest absolute Gasteiger partial charge is 0.266 e. The van der Waals surface area contributed by atoms with Gasteiger partial charge in [-0.05, 0) is 55.3 Å². The van der Waals surface area contributed by atoms with Crippen LogP contribution in [0.4, 0.5) is 5.69 Å². The Morgan fingerprint density at radius 3 is 2.54 bits per heavy atom. The van der Waals surface area contributed by atoms with E-state index in [9.17, 15) is 15.2 Å². The van der Waals surface area contributed by atoms with E-state index < -0.39 is 5.91 Å². The van der Waals surface area contributed by atoms with Crippen molar-refractivity contribution in [1.29, 1.82) is 5.26 Å². The first-order chi connectivity index (χ1) is 11.4. The number of nitrogens with one attached hydrogen (secondary N) is 1.